The van der Waals surface area contributed by atoms with E-state index in [-0.39, 0.29) is 30.8 Å². The van der Waals surface area contributed by atoms with Crippen molar-refractivity contribution >= 4 is 23.5 Å². The van der Waals surface area contributed by atoms with E-state index in [1.54, 1.807) is 12.1 Å². The van der Waals surface area contributed by atoms with Gasteiger partial charge in [0.2, 0.25) is 5.91 Å². The molecule has 1 aromatic rings. The van der Waals surface area contributed by atoms with Gasteiger partial charge in [-0.2, -0.15) is 0 Å². The van der Waals surface area contributed by atoms with Gasteiger partial charge in [-0.1, -0.05) is 30.7 Å². The number of hydrogen-bond acceptors (Lipinski definition) is 3. The van der Waals surface area contributed by atoms with Crippen molar-refractivity contribution in [2.75, 3.05) is 19.8 Å². The van der Waals surface area contributed by atoms with Gasteiger partial charge in [0.05, 0.1) is 0 Å². The Morgan fingerprint density at radius 2 is 1.91 bits per heavy atom. The number of amides is 1. The molecule has 0 aliphatic carbocycles. The molecule has 6 heteroatoms. The van der Waals surface area contributed by atoms with Crippen molar-refractivity contribution in [1.29, 1.82) is 0 Å². The fourth-order valence-corrected chi connectivity index (χ4v) is 3.02. The summed E-state index contributed by atoms with van der Waals surface area (Å²) in [5.41, 5.74) is 0.864. The predicted molar refractivity (Wildman–Crippen MR) is 87.2 cm³/mol. The molecule has 1 aliphatic heterocycles. The molecule has 0 aromatic heterocycles. The van der Waals surface area contributed by atoms with Crippen molar-refractivity contribution in [2.45, 2.75) is 26.3 Å². The van der Waals surface area contributed by atoms with Crippen LogP contribution in [0.1, 0.15) is 25.3 Å². The van der Waals surface area contributed by atoms with Crippen molar-refractivity contribution < 1.29 is 19.4 Å². The first-order valence-electron chi connectivity index (χ1n) is 7.80. The second-order valence-electron chi connectivity index (χ2n) is 5.95. The van der Waals surface area contributed by atoms with E-state index in [4.69, 9.17) is 21.4 Å². The lowest BCUT2D eigenvalue weighted by molar-refractivity contribution is -0.148. The minimum Gasteiger partial charge on any atom is -0.480 e. The van der Waals surface area contributed by atoms with Crippen LogP contribution in [0.3, 0.4) is 0 Å². The molecule has 1 N–H and O–H groups in total. The molecule has 2 rings (SSSR count). The highest BCUT2D eigenvalue weighted by atomic mass is 35.5. The minimum atomic E-state index is -1.01. The number of rotatable bonds is 6. The number of ether oxygens (including phenoxy) is 1. The molecule has 1 amide bonds. The molecule has 23 heavy (non-hydrogen) atoms. The highest BCUT2D eigenvalue weighted by Gasteiger charge is 2.30. The number of benzene rings is 1. The maximum absolute atomic E-state index is 12.7. The third kappa shape index (κ3) is 5.22. The summed E-state index contributed by atoms with van der Waals surface area (Å²) in [4.78, 5) is 25.3. The summed E-state index contributed by atoms with van der Waals surface area (Å²) in [6.07, 6.45) is 1.68. The van der Waals surface area contributed by atoms with Crippen LogP contribution in [-0.4, -0.2) is 41.6 Å². The average Bonchev–Trinajstić information content (AvgIpc) is 2.55. The smallest absolute Gasteiger partial charge is 0.323 e. The summed E-state index contributed by atoms with van der Waals surface area (Å²) in [5, 5.41) is 9.72. The topological polar surface area (TPSA) is 66.8 Å². The second kappa shape index (κ2) is 8.31. The highest BCUT2D eigenvalue weighted by Crippen LogP contribution is 2.25. The van der Waals surface area contributed by atoms with E-state index in [2.05, 4.69) is 0 Å². The molecular weight excluding hydrogens is 318 g/mol. The van der Waals surface area contributed by atoms with Crippen LogP contribution in [0.15, 0.2) is 24.3 Å². The van der Waals surface area contributed by atoms with Gasteiger partial charge in [0, 0.05) is 30.7 Å². The van der Waals surface area contributed by atoms with E-state index < -0.39 is 5.97 Å². The van der Waals surface area contributed by atoms with Crippen molar-refractivity contribution in [1.82, 2.24) is 4.90 Å². The Hall–Kier alpha value is -1.59. The third-order valence-corrected chi connectivity index (χ3v) is 4.54. The summed E-state index contributed by atoms with van der Waals surface area (Å²) in [5.74, 6) is -1.08. The Labute approximate surface area is 141 Å². The molecule has 0 spiro atoms. The number of hydrogen-bond donors (Lipinski definition) is 1. The first-order chi connectivity index (χ1) is 11.0. The zero-order chi connectivity index (χ0) is 16.8. The van der Waals surface area contributed by atoms with Gasteiger partial charge < -0.3 is 14.7 Å². The maximum atomic E-state index is 12.7. The van der Waals surface area contributed by atoms with E-state index in [0.29, 0.717) is 18.2 Å². The molecule has 1 aliphatic rings. The molecule has 1 aromatic carbocycles. The van der Waals surface area contributed by atoms with Crippen LogP contribution in [0.5, 0.6) is 0 Å². The Kier molecular flexibility index (Phi) is 6.42. The number of carbonyl (C=O) groups is 2. The van der Waals surface area contributed by atoms with Crippen LogP contribution in [0.4, 0.5) is 0 Å². The fraction of sp³-hybridized carbons (Fsp3) is 0.529. The minimum absolute atomic E-state index is 0.116. The number of aliphatic carboxylic acids is 1. The lowest BCUT2D eigenvalue weighted by atomic mass is 9.86. The third-order valence-electron chi connectivity index (χ3n) is 4.29. The molecule has 1 unspecified atom stereocenters. The van der Waals surface area contributed by atoms with Crippen LogP contribution in [0.2, 0.25) is 5.02 Å². The first kappa shape index (κ1) is 17.8. The van der Waals surface area contributed by atoms with Gasteiger partial charge in [0.1, 0.15) is 6.54 Å². The van der Waals surface area contributed by atoms with Crippen molar-refractivity contribution in [3.05, 3.63) is 34.9 Å². The molecule has 0 bridgehead atoms. The van der Waals surface area contributed by atoms with Crippen molar-refractivity contribution in [3.63, 3.8) is 0 Å². The molecule has 0 saturated carbocycles. The molecule has 126 valence electrons. The summed E-state index contributed by atoms with van der Waals surface area (Å²) in [7, 11) is 0. The van der Waals surface area contributed by atoms with Gasteiger partial charge in [-0.15, -0.1) is 0 Å². The van der Waals surface area contributed by atoms with Gasteiger partial charge >= 0.3 is 5.97 Å². The molecule has 5 nitrogen and oxygen atoms in total. The monoisotopic (exact) mass is 339 g/mol. The SMILES string of the molecule is CC(C(=O)N(CC(=O)O)Cc1ccc(Cl)cc1)C1CCOCC1. The first-order valence-corrected chi connectivity index (χ1v) is 8.18. The lowest BCUT2D eigenvalue weighted by Crippen LogP contribution is -2.41. The predicted octanol–water partition coefficient (Wildman–Crippen LogP) is 2.82. The summed E-state index contributed by atoms with van der Waals surface area (Å²) in [6.45, 7) is 3.19. The molecule has 1 saturated heterocycles. The van der Waals surface area contributed by atoms with Crippen molar-refractivity contribution in [2.24, 2.45) is 11.8 Å². The van der Waals surface area contributed by atoms with Gasteiger partial charge in [-0.3, -0.25) is 9.59 Å². The number of carboxylic acids is 1. The Morgan fingerprint density at radius 1 is 1.30 bits per heavy atom. The van der Waals surface area contributed by atoms with Crippen LogP contribution in [0, 0.1) is 11.8 Å². The van der Waals surface area contributed by atoms with E-state index in [1.807, 2.05) is 19.1 Å². The molecule has 0 radical (unpaired) electrons. The van der Waals surface area contributed by atoms with Crippen LogP contribution in [-0.2, 0) is 20.9 Å². The second-order valence-corrected chi connectivity index (χ2v) is 6.39. The van der Waals surface area contributed by atoms with E-state index in [1.165, 1.54) is 4.90 Å². The van der Waals surface area contributed by atoms with E-state index in [9.17, 15) is 9.59 Å². The Balaban J connectivity index is 2.07. The fourth-order valence-electron chi connectivity index (χ4n) is 2.89. The Morgan fingerprint density at radius 3 is 2.48 bits per heavy atom. The van der Waals surface area contributed by atoms with Crippen LogP contribution in [0.25, 0.3) is 0 Å². The quantitative estimate of drug-likeness (QED) is 0.865. The lowest BCUT2D eigenvalue weighted by Gasteiger charge is -2.31. The molecule has 1 heterocycles. The normalized spacial score (nSPS) is 16.8. The number of nitrogens with zero attached hydrogens (tertiary/aromatic N) is 1. The summed E-state index contributed by atoms with van der Waals surface area (Å²) >= 11 is 5.86. The zero-order valence-corrected chi connectivity index (χ0v) is 14.0. The average molecular weight is 340 g/mol. The number of carbonyl (C=O) groups excluding carboxylic acids is 1. The number of carboxylic acid groups (broad SMARTS) is 1. The maximum Gasteiger partial charge on any atom is 0.323 e. The summed E-state index contributed by atoms with van der Waals surface area (Å²) in [6, 6.07) is 7.09. The Bertz CT molecular complexity index is 540. The number of halogens is 1. The molecule has 1 fully saturated rings. The van der Waals surface area contributed by atoms with Crippen molar-refractivity contribution in [3.8, 4) is 0 Å². The summed E-state index contributed by atoms with van der Waals surface area (Å²) < 4.78 is 5.33. The van der Waals surface area contributed by atoms with Gasteiger partial charge in [0.25, 0.3) is 0 Å². The van der Waals surface area contributed by atoms with Gasteiger partial charge in [-0.25, -0.2) is 0 Å². The molecule has 1 atom stereocenters. The van der Waals surface area contributed by atoms with Crippen LogP contribution >= 0.6 is 11.6 Å². The standard InChI is InChI=1S/C17H22ClNO4/c1-12(14-6-8-23-9-7-14)17(22)19(11-16(20)21)10-13-2-4-15(18)5-3-13/h2-5,12,14H,6-11H2,1H3,(H,20,21). The zero-order valence-electron chi connectivity index (χ0n) is 13.2. The highest BCUT2D eigenvalue weighted by molar-refractivity contribution is 6.30. The van der Waals surface area contributed by atoms with E-state index >= 15 is 0 Å². The van der Waals surface area contributed by atoms with Gasteiger partial charge in [0.15, 0.2) is 0 Å². The van der Waals surface area contributed by atoms with Crippen LogP contribution < -0.4 is 0 Å². The van der Waals surface area contributed by atoms with E-state index in [0.717, 1.165) is 18.4 Å². The molecular formula is C17H22ClNO4. The van der Waals surface area contributed by atoms with Gasteiger partial charge in [-0.05, 0) is 36.5 Å². The largest absolute Gasteiger partial charge is 0.480 e.